The molecule has 29 heavy (non-hydrogen) atoms. The predicted molar refractivity (Wildman–Crippen MR) is 101 cm³/mol. The van der Waals surface area contributed by atoms with Gasteiger partial charge in [-0.3, -0.25) is 14.5 Å². The van der Waals surface area contributed by atoms with Gasteiger partial charge in [0, 0.05) is 12.1 Å². The number of rotatable bonds is 9. The maximum absolute atomic E-state index is 12.2. The molecule has 1 atom stereocenters. The third-order valence-electron chi connectivity index (χ3n) is 4.70. The molecule has 1 fully saturated rings. The molecule has 1 saturated heterocycles. The lowest BCUT2D eigenvalue weighted by molar-refractivity contribution is -0.120. The van der Waals surface area contributed by atoms with Crippen LogP contribution in [0.5, 0.6) is 5.75 Å². The van der Waals surface area contributed by atoms with Gasteiger partial charge in [-0.2, -0.15) is 8.78 Å². The lowest BCUT2D eigenvalue weighted by Gasteiger charge is -2.26. The van der Waals surface area contributed by atoms with Gasteiger partial charge in [0.1, 0.15) is 11.5 Å². The number of nitrogens with zero attached hydrogens (tertiary/aromatic N) is 1. The molecule has 7 nitrogen and oxygen atoms in total. The topological polar surface area (TPSA) is 83.8 Å². The van der Waals surface area contributed by atoms with E-state index in [1.54, 1.807) is 6.26 Å². The van der Waals surface area contributed by atoms with Crippen molar-refractivity contribution < 1.29 is 27.5 Å². The minimum Gasteiger partial charge on any atom is -0.468 e. The second-order valence-electron chi connectivity index (χ2n) is 6.66. The van der Waals surface area contributed by atoms with Gasteiger partial charge in [0.25, 0.3) is 5.91 Å². The summed E-state index contributed by atoms with van der Waals surface area (Å²) in [5.41, 5.74) is 0.241. The Morgan fingerprint density at radius 1 is 1.10 bits per heavy atom. The molecular weight excluding hydrogens is 384 g/mol. The molecule has 1 aliphatic heterocycles. The molecule has 3 rings (SSSR count). The number of hydrogen-bond donors (Lipinski definition) is 2. The molecule has 0 aliphatic carbocycles. The van der Waals surface area contributed by atoms with Gasteiger partial charge in [0.2, 0.25) is 5.91 Å². The van der Waals surface area contributed by atoms with E-state index < -0.39 is 12.5 Å². The Bertz CT molecular complexity index is 791. The number of benzene rings is 1. The molecule has 0 spiro atoms. The summed E-state index contributed by atoms with van der Waals surface area (Å²) in [7, 11) is 0. The number of halogens is 2. The van der Waals surface area contributed by atoms with Crippen molar-refractivity contribution in [2.45, 2.75) is 25.5 Å². The molecule has 0 radical (unpaired) electrons. The van der Waals surface area contributed by atoms with Crippen molar-refractivity contribution in [3.8, 4) is 5.75 Å². The van der Waals surface area contributed by atoms with Crippen molar-refractivity contribution in [3.05, 3.63) is 54.0 Å². The van der Waals surface area contributed by atoms with Crippen LogP contribution in [-0.2, 0) is 4.79 Å². The van der Waals surface area contributed by atoms with E-state index in [1.165, 1.54) is 24.3 Å². The van der Waals surface area contributed by atoms with Crippen LogP contribution in [0.15, 0.2) is 47.1 Å². The monoisotopic (exact) mass is 407 g/mol. The van der Waals surface area contributed by atoms with Crippen molar-refractivity contribution in [3.63, 3.8) is 0 Å². The Kier molecular flexibility index (Phi) is 7.18. The molecule has 0 unspecified atom stereocenters. The summed E-state index contributed by atoms with van der Waals surface area (Å²) in [4.78, 5) is 26.5. The van der Waals surface area contributed by atoms with Crippen molar-refractivity contribution in [2.75, 3.05) is 26.2 Å². The number of furan rings is 1. The molecule has 0 bridgehead atoms. The first-order valence-electron chi connectivity index (χ1n) is 9.40. The third-order valence-corrected chi connectivity index (χ3v) is 4.70. The summed E-state index contributed by atoms with van der Waals surface area (Å²) in [5, 5.41) is 5.34. The van der Waals surface area contributed by atoms with Crippen LogP contribution in [-0.4, -0.2) is 49.5 Å². The van der Waals surface area contributed by atoms with E-state index >= 15 is 0 Å². The number of nitrogens with one attached hydrogen (secondary N) is 2. The third kappa shape index (κ3) is 6.02. The Morgan fingerprint density at radius 2 is 1.83 bits per heavy atom. The smallest absolute Gasteiger partial charge is 0.387 e. The van der Waals surface area contributed by atoms with Crippen LogP contribution in [0.1, 0.15) is 35.0 Å². The first-order valence-corrected chi connectivity index (χ1v) is 9.40. The van der Waals surface area contributed by atoms with E-state index in [9.17, 15) is 18.4 Å². The maximum atomic E-state index is 12.2. The van der Waals surface area contributed by atoms with Crippen molar-refractivity contribution in [2.24, 2.45) is 0 Å². The summed E-state index contributed by atoms with van der Waals surface area (Å²) in [6.45, 7) is -0.850. The molecule has 1 aromatic carbocycles. The summed E-state index contributed by atoms with van der Waals surface area (Å²) in [6.07, 6.45) is 3.84. The molecule has 1 aliphatic rings. The minimum absolute atomic E-state index is 0.0415. The van der Waals surface area contributed by atoms with Crippen LogP contribution in [0.4, 0.5) is 8.78 Å². The number of alkyl halides is 2. The predicted octanol–water partition coefficient (Wildman–Crippen LogP) is 2.56. The van der Waals surface area contributed by atoms with Crippen LogP contribution in [0.2, 0.25) is 0 Å². The largest absolute Gasteiger partial charge is 0.468 e. The highest BCUT2D eigenvalue weighted by Crippen LogP contribution is 2.24. The number of carbonyl (C=O) groups is 2. The Balaban J connectivity index is 1.46. The van der Waals surface area contributed by atoms with Crippen LogP contribution >= 0.6 is 0 Å². The van der Waals surface area contributed by atoms with Crippen LogP contribution in [0, 0.1) is 0 Å². The van der Waals surface area contributed by atoms with E-state index in [1.807, 2.05) is 12.1 Å². The zero-order chi connectivity index (χ0) is 20.6. The molecule has 1 aromatic heterocycles. The summed E-state index contributed by atoms with van der Waals surface area (Å²) in [6, 6.07) is 8.90. The van der Waals surface area contributed by atoms with Gasteiger partial charge in [-0.1, -0.05) is 0 Å². The molecule has 2 heterocycles. The van der Waals surface area contributed by atoms with E-state index in [0.29, 0.717) is 6.54 Å². The van der Waals surface area contributed by atoms with Crippen LogP contribution in [0.3, 0.4) is 0 Å². The fourth-order valence-electron chi connectivity index (χ4n) is 3.27. The van der Waals surface area contributed by atoms with E-state index in [4.69, 9.17) is 4.42 Å². The Morgan fingerprint density at radius 3 is 2.45 bits per heavy atom. The van der Waals surface area contributed by atoms with Gasteiger partial charge in [-0.15, -0.1) is 0 Å². The highest BCUT2D eigenvalue weighted by atomic mass is 19.3. The first-order chi connectivity index (χ1) is 14.0. The lowest BCUT2D eigenvalue weighted by Crippen LogP contribution is -2.41. The van der Waals surface area contributed by atoms with Crippen molar-refractivity contribution >= 4 is 11.8 Å². The average molecular weight is 407 g/mol. The fraction of sp³-hybridized carbons (Fsp3) is 0.400. The first kappa shape index (κ1) is 20.8. The van der Waals surface area contributed by atoms with E-state index in [2.05, 4.69) is 20.3 Å². The van der Waals surface area contributed by atoms with Gasteiger partial charge >= 0.3 is 6.61 Å². The van der Waals surface area contributed by atoms with E-state index in [-0.39, 0.29) is 29.8 Å². The van der Waals surface area contributed by atoms with Crippen LogP contribution < -0.4 is 15.4 Å². The standard InChI is InChI=1S/C20H23F2N3O4/c21-20(22)29-15-7-5-14(6-8-15)19(27)24-13-18(26)23-12-16(17-4-3-11-28-17)25-9-1-2-10-25/h3-8,11,16,20H,1-2,9-10,12-13H2,(H,23,26)(H,24,27)/t16-/m0/s1. The SMILES string of the molecule is O=C(CNC(=O)c1ccc(OC(F)F)cc1)NC[C@@H](c1ccco1)N1CCCC1. The number of likely N-dealkylation sites (tertiary alicyclic amines) is 1. The quantitative estimate of drug-likeness (QED) is 0.668. The normalized spacial score (nSPS) is 15.3. The number of carbonyl (C=O) groups excluding carboxylic acids is 2. The zero-order valence-electron chi connectivity index (χ0n) is 15.8. The minimum atomic E-state index is -2.93. The highest BCUT2D eigenvalue weighted by Gasteiger charge is 2.25. The molecule has 2 aromatic rings. The van der Waals surface area contributed by atoms with Gasteiger partial charge in [0.05, 0.1) is 18.8 Å². The molecular formula is C20H23F2N3O4. The molecule has 9 heteroatoms. The molecule has 2 amide bonds. The number of ether oxygens (including phenoxy) is 1. The van der Waals surface area contributed by atoms with Gasteiger partial charge in [-0.05, 0) is 62.3 Å². The summed E-state index contributed by atoms with van der Waals surface area (Å²) >= 11 is 0. The molecule has 0 saturated carbocycles. The second-order valence-corrected chi connectivity index (χ2v) is 6.66. The Hall–Kier alpha value is -2.94. The second kappa shape index (κ2) is 10.0. The number of amides is 2. The van der Waals surface area contributed by atoms with Crippen molar-refractivity contribution in [1.29, 1.82) is 0 Å². The van der Waals surface area contributed by atoms with Crippen molar-refractivity contribution in [1.82, 2.24) is 15.5 Å². The van der Waals surface area contributed by atoms with E-state index in [0.717, 1.165) is 31.7 Å². The summed E-state index contributed by atoms with van der Waals surface area (Å²) < 4.78 is 34.0. The maximum Gasteiger partial charge on any atom is 0.387 e. The highest BCUT2D eigenvalue weighted by molar-refractivity contribution is 5.96. The number of hydrogen-bond acceptors (Lipinski definition) is 5. The summed E-state index contributed by atoms with van der Waals surface area (Å²) in [5.74, 6) is -0.0554. The average Bonchev–Trinajstić information content (AvgIpc) is 3.41. The van der Waals surface area contributed by atoms with Crippen LogP contribution in [0.25, 0.3) is 0 Å². The Labute approximate surface area is 167 Å². The zero-order valence-corrected chi connectivity index (χ0v) is 15.8. The van der Waals surface area contributed by atoms with Gasteiger partial charge in [-0.25, -0.2) is 0 Å². The van der Waals surface area contributed by atoms with Gasteiger partial charge in [0.15, 0.2) is 0 Å². The molecule has 156 valence electrons. The van der Waals surface area contributed by atoms with Gasteiger partial charge < -0.3 is 19.8 Å². The molecule has 2 N–H and O–H groups in total. The fourth-order valence-corrected chi connectivity index (χ4v) is 3.27. The lowest BCUT2D eigenvalue weighted by atomic mass is 10.2.